The largest absolute Gasteiger partial charge is 0.388 e. The monoisotopic (exact) mass is 439 g/mol. The molecule has 4 N–H and O–H groups in total. The molecule has 0 unspecified atom stereocenters. The van der Waals surface area contributed by atoms with E-state index in [0.717, 1.165) is 22.3 Å². The molecule has 4 rings (SSSR count). The van der Waals surface area contributed by atoms with Gasteiger partial charge in [0.25, 0.3) is 5.92 Å². The van der Waals surface area contributed by atoms with Gasteiger partial charge in [0.05, 0.1) is 13.1 Å². The van der Waals surface area contributed by atoms with Crippen LogP contribution >= 0.6 is 0 Å². The number of nitrogens with one attached hydrogen (secondary N) is 2. The minimum Gasteiger partial charge on any atom is -0.388 e. The van der Waals surface area contributed by atoms with Crippen LogP contribution in [0.25, 0.3) is 11.6 Å². The summed E-state index contributed by atoms with van der Waals surface area (Å²) < 4.78 is 25.9. The van der Waals surface area contributed by atoms with E-state index in [1.165, 1.54) is 18.9 Å². The molecule has 6 nitrogen and oxygen atoms in total. The standard InChI is InChI=1S/C24H27F2N5O/c25-24(26)15-31(16-24)14-17-1-4-21(5-2-17)30-23(32)8-3-18-12-28-10-9-22(18)19(11-27)13-29-20-6-7-20/h1-5,8-10,12-13,20,29H,6-7,11,14-16,27H2,(H,30,32)/b8-3+,19-13+. The predicted molar refractivity (Wildman–Crippen MR) is 122 cm³/mol. The van der Waals surface area contributed by atoms with E-state index in [4.69, 9.17) is 5.73 Å². The lowest BCUT2D eigenvalue weighted by atomic mass is 10.0. The van der Waals surface area contributed by atoms with Crippen molar-refractivity contribution in [1.82, 2.24) is 15.2 Å². The van der Waals surface area contributed by atoms with Gasteiger partial charge in [0.1, 0.15) is 0 Å². The van der Waals surface area contributed by atoms with Crippen LogP contribution in [0, 0.1) is 0 Å². The second kappa shape index (κ2) is 9.58. The van der Waals surface area contributed by atoms with Gasteiger partial charge < -0.3 is 16.4 Å². The summed E-state index contributed by atoms with van der Waals surface area (Å²) in [5.74, 6) is -2.84. The minimum absolute atomic E-state index is 0.204. The Morgan fingerprint density at radius 3 is 2.62 bits per heavy atom. The summed E-state index contributed by atoms with van der Waals surface area (Å²) in [6.07, 6.45) is 10.9. The van der Waals surface area contributed by atoms with Gasteiger partial charge in [0, 0.05) is 55.1 Å². The predicted octanol–water partition coefficient (Wildman–Crippen LogP) is 3.24. The zero-order valence-corrected chi connectivity index (χ0v) is 17.7. The number of halogens is 2. The molecule has 1 aliphatic carbocycles. The molecule has 2 fully saturated rings. The maximum absolute atomic E-state index is 12.9. The van der Waals surface area contributed by atoms with E-state index in [9.17, 15) is 13.6 Å². The van der Waals surface area contributed by atoms with Gasteiger partial charge in [-0.1, -0.05) is 12.1 Å². The lowest BCUT2D eigenvalue weighted by Gasteiger charge is -2.38. The summed E-state index contributed by atoms with van der Waals surface area (Å²) in [5, 5.41) is 6.17. The number of pyridine rings is 1. The lowest BCUT2D eigenvalue weighted by molar-refractivity contribution is -0.133. The van der Waals surface area contributed by atoms with Crippen molar-refractivity contribution in [2.24, 2.45) is 5.73 Å². The number of hydrogen-bond acceptors (Lipinski definition) is 5. The van der Waals surface area contributed by atoms with Crippen molar-refractivity contribution in [1.29, 1.82) is 0 Å². The molecule has 1 aliphatic heterocycles. The molecule has 0 radical (unpaired) electrons. The van der Waals surface area contributed by atoms with Crippen LogP contribution in [0.2, 0.25) is 0 Å². The van der Waals surface area contributed by atoms with Crippen molar-refractivity contribution in [3.63, 3.8) is 0 Å². The van der Waals surface area contributed by atoms with E-state index in [2.05, 4.69) is 15.6 Å². The first-order valence-corrected chi connectivity index (χ1v) is 10.7. The van der Waals surface area contributed by atoms with E-state index >= 15 is 0 Å². The minimum atomic E-state index is -2.57. The Morgan fingerprint density at radius 2 is 1.97 bits per heavy atom. The number of likely N-dealkylation sites (tertiary alicyclic amines) is 1. The third kappa shape index (κ3) is 5.99. The number of rotatable bonds is 9. The first-order valence-electron chi connectivity index (χ1n) is 10.7. The van der Waals surface area contributed by atoms with E-state index in [1.54, 1.807) is 35.5 Å². The van der Waals surface area contributed by atoms with E-state index < -0.39 is 5.92 Å². The molecule has 2 heterocycles. The van der Waals surface area contributed by atoms with Gasteiger partial charge >= 0.3 is 0 Å². The number of hydrogen-bond donors (Lipinski definition) is 3. The number of anilines is 1. The number of carbonyl (C=O) groups is 1. The average molecular weight is 440 g/mol. The molecule has 0 bridgehead atoms. The van der Waals surface area contributed by atoms with Crippen LogP contribution in [0.4, 0.5) is 14.5 Å². The lowest BCUT2D eigenvalue weighted by Crippen LogP contribution is -2.55. The molecule has 1 amide bonds. The van der Waals surface area contributed by atoms with Crippen molar-refractivity contribution in [2.45, 2.75) is 31.4 Å². The summed E-state index contributed by atoms with van der Waals surface area (Å²) >= 11 is 0. The third-order valence-corrected chi connectivity index (χ3v) is 5.44. The molecule has 2 aromatic rings. The number of nitrogens with two attached hydrogens (primary N) is 1. The van der Waals surface area contributed by atoms with Gasteiger partial charge in [-0.2, -0.15) is 0 Å². The van der Waals surface area contributed by atoms with Gasteiger partial charge in [-0.05, 0) is 53.8 Å². The first-order chi connectivity index (χ1) is 15.4. The average Bonchev–Trinajstić information content (AvgIpc) is 3.58. The molecule has 1 saturated heterocycles. The summed E-state index contributed by atoms with van der Waals surface area (Å²) in [4.78, 5) is 18.2. The van der Waals surface area contributed by atoms with Gasteiger partial charge in [0.15, 0.2) is 0 Å². The Balaban J connectivity index is 1.35. The summed E-state index contributed by atoms with van der Waals surface area (Å²) in [5.41, 5.74) is 10.2. The van der Waals surface area contributed by atoms with Crippen LogP contribution in [-0.4, -0.2) is 47.4 Å². The van der Waals surface area contributed by atoms with Crippen molar-refractivity contribution in [3.05, 3.63) is 71.7 Å². The highest BCUT2D eigenvalue weighted by atomic mass is 19.3. The third-order valence-electron chi connectivity index (χ3n) is 5.44. The van der Waals surface area contributed by atoms with Gasteiger partial charge in [-0.15, -0.1) is 0 Å². The molecule has 1 aromatic carbocycles. The number of carbonyl (C=O) groups excluding carboxylic acids is 1. The molecular formula is C24H27F2N5O. The van der Waals surface area contributed by atoms with Crippen molar-refractivity contribution in [2.75, 3.05) is 25.0 Å². The molecule has 32 heavy (non-hydrogen) atoms. The fourth-order valence-electron chi connectivity index (χ4n) is 3.57. The smallest absolute Gasteiger partial charge is 0.272 e. The molecular weight excluding hydrogens is 412 g/mol. The Kier molecular flexibility index (Phi) is 6.62. The topological polar surface area (TPSA) is 83.3 Å². The highest BCUT2D eigenvalue weighted by molar-refractivity contribution is 6.02. The number of benzene rings is 1. The fraction of sp³-hybridized carbons (Fsp3) is 0.333. The number of nitrogens with zero attached hydrogens (tertiary/aromatic N) is 2. The molecule has 1 saturated carbocycles. The van der Waals surface area contributed by atoms with Crippen LogP contribution in [0.15, 0.2) is 55.0 Å². The Morgan fingerprint density at radius 1 is 1.22 bits per heavy atom. The van der Waals surface area contributed by atoms with Crippen LogP contribution in [0.1, 0.15) is 29.5 Å². The molecule has 0 spiro atoms. The fourth-order valence-corrected chi connectivity index (χ4v) is 3.57. The normalized spacial score (nSPS) is 18.4. The quantitative estimate of drug-likeness (QED) is 0.523. The second-order valence-electron chi connectivity index (χ2n) is 8.30. The molecule has 8 heteroatoms. The van der Waals surface area contributed by atoms with E-state index in [1.807, 2.05) is 24.4 Å². The molecule has 1 aromatic heterocycles. The highest BCUT2D eigenvalue weighted by Gasteiger charge is 2.43. The summed E-state index contributed by atoms with van der Waals surface area (Å²) in [7, 11) is 0. The van der Waals surface area contributed by atoms with Crippen LogP contribution < -0.4 is 16.4 Å². The number of amides is 1. The van der Waals surface area contributed by atoms with Crippen molar-refractivity contribution < 1.29 is 13.6 Å². The first kappa shape index (κ1) is 22.1. The van der Waals surface area contributed by atoms with Crippen LogP contribution in [0.3, 0.4) is 0 Å². The SMILES string of the molecule is NC/C(=C\NC1CC1)c1ccncc1/C=C/C(=O)Nc1ccc(CN2CC(F)(F)C2)cc1. The zero-order valence-electron chi connectivity index (χ0n) is 17.7. The number of alkyl halides is 2. The maximum atomic E-state index is 12.9. The zero-order chi connectivity index (χ0) is 22.6. The van der Waals surface area contributed by atoms with Gasteiger partial charge in [0.2, 0.25) is 5.91 Å². The Hall–Kier alpha value is -3.10. The van der Waals surface area contributed by atoms with Crippen LogP contribution in [-0.2, 0) is 11.3 Å². The molecule has 2 aliphatic rings. The number of aromatic nitrogens is 1. The summed E-state index contributed by atoms with van der Waals surface area (Å²) in [6, 6.07) is 9.62. The van der Waals surface area contributed by atoms with Crippen molar-refractivity contribution >= 4 is 23.2 Å². The Bertz CT molecular complexity index is 1010. The van der Waals surface area contributed by atoms with E-state index in [0.29, 0.717) is 24.8 Å². The molecule has 0 atom stereocenters. The van der Waals surface area contributed by atoms with Crippen LogP contribution in [0.5, 0.6) is 0 Å². The Labute approximate surface area is 186 Å². The van der Waals surface area contributed by atoms with Gasteiger partial charge in [-0.25, -0.2) is 8.78 Å². The maximum Gasteiger partial charge on any atom is 0.272 e. The van der Waals surface area contributed by atoms with Crippen molar-refractivity contribution in [3.8, 4) is 0 Å². The summed E-state index contributed by atoms with van der Waals surface area (Å²) in [6.45, 7) is 0.437. The molecule has 168 valence electrons. The highest BCUT2D eigenvalue weighted by Crippen LogP contribution is 2.28. The van der Waals surface area contributed by atoms with Gasteiger partial charge in [-0.3, -0.25) is 14.7 Å². The van der Waals surface area contributed by atoms with E-state index in [-0.39, 0.29) is 19.0 Å². The second-order valence-corrected chi connectivity index (χ2v) is 8.30.